The molecule has 4 heterocycles. The molecule has 1 N–H and O–H groups in total. The number of hydrogen-bond donors (Lipinski definition) is 1. The van der Waals surface area contributed by atoms with Gasteiger partial charge in [-0.1, -0.05) is 0 Å². The van der Waals surface area contributed by atoms with Crippen LogP contribution in [0.25, 0.3) is 5.65 Å². The fourth-order valence-corrected chi connectivity index (χ4v) is 3.27. The highest BCUT2D eigenvalue weighted by molar-refractivity contribution is 5.94. The number of fused-ring (bicyclic) bond motifs is 1. The maximum absolute atomic E-state index is 12.3. The van der Waals surface area contributed by atoms with Crippen LogP contribution in [0.15, 0.2) is 42.9 Å². The van der Waals surface area contributed by atoms with E-state index in [0.717, 1.165) is 43.1 Å². The number of rotatable bonds is 3. The van der Waals surface area contributed by atoms with Crippen molar-refractivity contribution in [2.45, 2.75) is 25.8 Å². The molecule has 4 rings (SSSR count). The number of carbonyl (C=O) groups excluding carboxylic acids is 1. The summed E-state index contributed by atoms with van der Waals surface area (Å²) in [6.45, 7) is 3.75. The first-order chi connectivity index (χ1) is 12.2. The third kappa shape index (κ3) is 3.17. The van der Waals surface area contributed by atoms with Crippen molar-refractivity contribution in [2.24, 2.45) is 0 Å². The van der Waals surface area contributed by atoms with Gasteiger partial charge in [0.2, 0.25) is 0 Å². The van der Waals surface area contributed by atoms with E-state index in [0.29, 0.717) is 5.56 Å². The quantitative estimate of drug-likeness (QED) is 0.790. The Bertz CT molecular complexity index is 883. The Kier molecular flexibility index (Phi) is 4.05. The molecule has 1 fully saturated rings. The SMILES string of the molecule is Cc1cc(N2CCC(NC(=O)c3ccncc3)CC2)n2nccc2n1. The van der Waals surface area contributed by atoms with E-state index in [1.807, 2.05) is 17.5 Å². The minimum Gasteiger partial charge on any atom is -0.356 e. The van der Waals surface area contributed by atoms with Gasteiger partial charge in [-0.05, 0) is 31.9 Å². The monoisotopic (exact) mass is 336 g/mol. The van der Waals surface area contributed by atoms with E-state index < -0.39 is 0 Å². The smallest absolute Gasteiger partial charge is 0.251 e. The van der Waals surface area contributed by atoms with Crippen molar-refractivity contribution < 1.29 is 4.79 Å². The summed E-state index contributed by atoms with van der Waals surface area (Å²) < 4.78 is 1.88. The number of pyridine rings is 1. The minimum atomic E-state index is -0.0323. The van der Waals surface area contributed by atoms with E-state index in [-0.39, 0.29) is 11.9 Å². The number of aromatic nitrogens is 4. The summed E-state index contributed by atoms with van der Waals surface area (Å²) in [6, 6.07) is 7.64. The topological polar surface area (TPSA) is 75.4 Å². The summed E-state index contributed by atoms with van der Waals surface area (Å²) in [7, 11) is 0. The first kappa shape index (κ1) is 15.6. The highest BCUT2D eigenvalue weighted by Gasteiger charge is 2.23. The van der Waals surface area contributed by atoms with Gasteiger partial charge in [-0.2, -0.15) is 9.61 Å². The van der Waals surface area contributed by atoms with E-state index in [1.54, 1.807) is 30.7 Å². The number of nitrogens with one attached hydrogen (secondary N) is 1. The zero-order valence-corrected chi connectivity index (χ0v) is 14.1. The number of piperidine rings is 1. The molecule has 1 aliphatic heterocycles. The standard InChI is InChI=1S/C18H20N6O/c1-13-12-17(24-16(21-13)4-9-20-24)23-10-5-15(6-11-23)22-18(25)14-2-7-19-8-3-14/h2-4,7-9,12,15H,5-6,10-11H2,1H3,(H,22,25). The molecule has 1 aliphatic rings. The predicted molar refractivity (Wildman–Crippen MR) is 94.7 cm³/mol. The summed E-state index contributed by atoms with van der Waals surface area (Å²) in [4.78, 5) is 23.0. The van der Waals surface area contributed by atoms with Crippen LogP contribution in [0.1, 0.15) is 28.9 Å². The molecule has 0 aromatic carbocycles. The Labute approximate surface area is 145 Å². The molecule has 128 valence electrons. The minimum absolute atomic E-state index is 0.0323. The van der Waals surface area contributed by atoms with Gasteiger partial charge < -0.3 is 10.2 Å². The van der Waals surface area contributed by atoms with Crippen LogP contribution >= 0.6 is 0 Å². The van der Waals surface area contributed by atoms with E-state index in [1.165, 1.54) is 0 Å². The molecule has 0 radical (unpaired) electrons. The van der Waals surface area contributed by atoms with Crippen LogP contribution in [0.3, 0.4) is 0 Å². The second-order valence-corrected chi connectivity index (χ2v) is 6.33. The van der Waals surface area contributed by atoms with Crippen LogP contribution < -0.4 is 10.2 Å². The number of amides is 1. The van der Waals surface area contributed by atoms with E-state index >= 15 is 0 Å². The van der Waals surface area contributed by atoms with Gasteiger partial charge in [-0.3, -0.25) is 9.78 Å². The van der Waals surface area contributed by atoms with Gasteiger partial charge in [0.05, 0.1) is 6.20 Å². The molecule has 0 unspecified atom stereocenters. The fourth-order valence-electron chi connectivity index (χ4n) is 3.27. The molecule has 3 aromatic rings. The lowest BCUT2D eigenvalue weighted by Crippen LogP contribution is -2.45. The lowest BCUT2D eigenvalue weighted by molar-refractivity contribution is 0.0931. The second kappa shape index (κ2) is 6.51. The molecule has 25 heavy (non-hydrogen) atoms. The fraction of sp³-hybridized carbons (Fsp3) is 0.333. The van der Waals surface area contributed by atoms with Gasteiger partial charge in [-0.15, -0.1) is 0 Å². The second-order valence-electron chi connectivity index (χ2n) is 6.33. The Morgan fingerprint density at radius 2 is 1.92 bits per heavy atom. The molecular formula is C18H20N6O. The Hall–Kier alpha value is -2.96. The Morgan fingerprint density at radius 3 is 2.68 bits per heavy atom. The average Bonchev–Trinajstić information content (AvgIpc) is 3.11. The lowest BCUT2D eigenvalue weighted by Gasteiger charge is -2.34. The average molecular weight is 336 g/mol. The van der Waals surface area contributed by atoms with Crippen molar-refractivity contribution in [3.63, 3.8) is 0 Å². The van der Waals surface area contributed by atoms with Gasteiger partial charge in [0.1, 0.15) is 5.82 Å². The molecule has 1 saturated heterocycles. The first-order valence-corrected chi connectivity index (χ1v) is 8.48. The van der Waals surface area contributed by atoms with Crippen LogP contribution in [-0.4, -0.2) is 44.6 Å². The summed E-state index contributed by atoms with van der Waals surface area (Å²) in [5.74, 6) is 1.03. The van der Waals surface area contributed by atoms with Crippen molar-refractivity contribution in [1.29, 1.82) is 0 Å². The highest BCUT2D eigenvalue weighted by Crippen LogP contribution is 2.21. The first-order valence-electron chi connectivity index (χ1n) is 8.48. The summed E-state index contributed by atoms with van der Waals surface area (Å²) in [5, 5.41) is 7.50. The summed E-state index contributed by atoms with van der Waals surface area (Å²) in [5.41, 5.74) is 2.50. The molecule has 0 saturated carbocycles. The zero-order chi connectivity index (χ0) is 17.2. The maximum Gasteiger partial charge on any atom is 0.251 e. The number of hydrogen-bond acceptors (Lipinski definition) is 5. The van der Waals surface area contributed by atoms with Crippen LogP contribution in [-0.2, 0) is 0 Å². The molecule has 3 aromatic heterocycles. The van der Waals surface area contributed by atoms with Gasteiger partial charge >= 0.3 is 0 Å². The summed E-state index contributed by atoms with van der Waals surface area (Å²) in [6.07, 6.45) is 6.85. The predicted octanol–water partition coefficient (Wildman–Crippen LogP) is 1.83. The van der Waals surface area contributed by atoms with Crippen molar-refractivity contribution in [3.05, 3.63) is 54.1 Å². The molecule has 7 nitrogen and oxygen atoms in total. The lowest BCUT2D eigenvalue weighted by atomic mass is 10.0. The van der Waals surface area contributed by atoms with Gasteiger partial charge in [0.25, 0.3) is 5.91 Å². The van der Waals surface area contributed by atoms with E-state index in [9.17, 15) is 4.79 Å². The molecule has 0 spiro atoms. The number of anilines is 1. The molecular weight excluding hydrogens is 316 g/mol. The van der Waals surface area contributed by atoms with Crippen LogP contribution in [0, 0.1) is 6.92 Å². The molecule has 0 aliphatic carbocycles. The Morgan fingerprint density at radius 1 is 1.16 bits per heavy atom. The maximum atomic E-state index is 12.3. The van der Waals surface area contributed by atoms with Gasteiger partial charge in [-0.25, -0.2) is 4.98 Å². The number of aryl methyl sites for hydroxylation is 1. The third-order valence-corrected chi connectivity index (χ3v) is 4.57. The zero-order valence-electron chi connectivity index (χ0n) is 14.1. The Balaban J connectivity index is 1.43. The number of nitrogens with zero attached hydrogens (tertiary/aromatic N) is 5. The van der Waals surface area contributed by atoms with Gasteiger partial charge in [0, 0.05) is 54.9 Å². The molecule has 0 bridgehead atoms. The van der Waals surface area contributed by atoms with E-state index in [2.05, 4.69) is 31.3 Å². The van der Waals surface area contributed by atoms with Crippen molar-refractivity contribution in [3.8, 4) is 0 Å². The third-order valence-electron chi connectivity index (χ3n) is 4.57. The van der Waals surface area contributed by atoms with Gasteiger partial charge in [0.15, 0.2) is 5.65 Å². The molecule has 7 heteroatoms. The van der Waals surface area contributed by atoms with Crippen molar-refractivity contribution in [1.82, 2.24) is 24.9 Å². The van der Waals surface area contributed by atoms with Crippen molar-refractivity contribution >= 4 is 17.4 Å². The molecule has 0 atom stereocenters. The van der Waals surface area contributed by atoms with Crippen LogP contribution in [0.4, 0.5) is 5.82 Å². The highest BCUT2D eigenvalue weighted by atomic mass is 16.1. The van der Waals surface area contributed by atoms with E-state index in [4.69, 9.17) is 0 Å². The van der Waals surface area contributed by atoms with Crippen LogP contribution in [0.5, 0.6) is 0 Å². The molecule has 1 amide bonds. The number of carbonyl (C=O) groups is 1. The van der Waals surface area contributed by atoms with Crippen LogP contribution in [0.2, 0.25) is 0 Å². The largest absolute Gasteiger partial charge is 0.356 e. The summed E-state index contributed by atoms with van der Waals surface area (Å²) >= 11 is 0. The van der Waals surface area contributed by atoms with Crippen molar-refractivity contribution in [2.75, 3.05) is 18.0 Å². The normalized spacial score (nSPS) is 15.5.